The van der Waals surface area contributed by atoms with E-state index in [0.717, 1.165) is 12.8 Å². The molecule has 172 valence electrons. The molecule has 0 aliphatic heterocycles. The smallest absolute Gasteiger partial charge is 0.273 e. The van der Waals surface area contributed by atoms with E-state index in [1.54, 1.807) is 16.8 Å². The number of imidazole rings is 2. The molecular weight excluding hydrogens is 466 g/mol. The number of rotatable bonds is 6. The largest absolute Gasteiger partial charge is 0.345 e. The predicted molar refractivity (Wildman–Crippen MR) is 118 cm³/mol. The fraction of sp³-hybridized carbons (Fsp3) is 0.227. The molecule has 1 saturated carbocycles. The van der Waals surface area contributed by atoms with Gasteiger partial charge in [0.05, 0.1) is 42.0 Å². The Labute approximate surface area is 196 Å². The maximum Gasteiger partial charge on any atom is 0.273 e. The van der Waals surface area contributed by atoms with Crippen molar-refractivity contribution in [3.05, 3.63) is 82.5 Å². The number of carbonyl (C=O) groups excluding carboxylic acids is 1. The number of nitrogens with one attached hydrogen (secondary N) is 1. The van der Waals surface area contributed by atoms with E-state index < -0.39 is 11.7 Å². The van der Waals surface area contributed by atoms with Crippen LogP contribution in [-0.2, 0) is 13.1 Å². The van der Waals surface area contributed by atoms with Gasteiger partial charge in [-0.25, -0.2) is 23.4 Å². The lowest BCUT2D eigenvalue weighted by molar-refractivity contribution is 0.0945. The Bertz CT molecular complexity index is 1570. The highest BCUT2D eigenvalue weighted by Gasteiger charge is 2.27. The lowest BCUT2D eigenvalue weighted by Gasteiger charge is -2.03. The van der Waals surface area contributed by atoms with Gasteiger partial charge in [0.25, 0.3) is 5.91 Å². The van der Waals surface area contributed by atoms with Crippen molar-refractivity contribution in [3.8, 4) is 0 Å². The third kappa shape index (κ3) is 3.67. The summed E-state index contributed by atoms with van der Waals surface area (Å²) in [6.45, 7) is 0.249. The number of halogens is 3. The lowest BCUT2D eigenvalue weighted by atomic mass is 10.2. The lowest BCUT2D eigenvalue weighted by Crippen LogP contribution is -2.23. The van der Waals surface area contributed by atoms with E-state index in [2.05, 4.69) is 25.6 Å². The number of hydrogen-bond acceptors (Lipinski definition) is 5. The second kappa shape index (κ2) is 7.87. The number of carbonyl (C=O) groups is 1. The van der Waals surface area contributed by atoms with Crippen molar-refractivity contribution in [3.63, 3.8) is 0 Å². The Morgan fingerprint density at radius 1 is 1.21 bits per heavy atom. The Balaban J connectivity index is 1.15. The van der Waals surface area contributed by atoms with Gasteiger partial charge in [-0.15, -0.1) is 5.10 Å². The molecule has 1 amide bonds. The van der Waals surface area contributed by atoms with Crippen LogP contribution in [0.25, 0.3) is 11.2 Å². The Kier molecular flexibility index (Phi) is 4.80. The molecule has 6 rings (SSSR count). The van der Waals surface area contributed by atoms with Crippen LogP contribution >= 0.6 is 11.6 Å². The first-order valence-corrected chi connectivity index (χ1v) is 11.0. The molecule has 9 nitrogen and oxygen atoms in total. The summed E-state index contributed by atoms with van der Waals surface area (Å²) >= 11 is 5.85. The second-order valence-electron chi connectivity index (χ2n) is 8.26. The topological polar surface area (TPSA) is 94.4 Å². The second-order valence-corrected chi connectivity index (χ2v) is 8.66. The molecule has 0 spiro atoms. The average Bonchev–Trinajstić information content (AvgIpc) is 3.22. The van der Waals surface area contributed by atoms with E-state index in [4.69, 9.17) is 11.6 Å². The molecule has 1 fully saturated rings. The highest BCUT2D eigenvalue weighted by Crippen LogP contribution is 2.41. The predicted octanol–water partition coefficient (Wildman–Crippen LogP) is 3.36. The van der Waals surface area contributed by atoms with Gasteiger partial charge < -0.3 is 14.1 Å². The number of amides is 1. The van der Waals surface area contributed by atoms with Crippen molar-refractivity contribution in [1.29, 1.82) is 0 Å². The van der Waals surface area contributed by atoms with E-state index in [1.165, 1.54) is 33.7 Å². The SMILES string of the molecule is O=C(NCc1ncn2ccc(Cl)c(F)c12)c1cn(Cc2cn3cc(C4CC4)c(F)cc3n2)nn1. The van der Waals surface area contributed by atoms with Gasteiger partial charge >= 0.3 is 0 Å². The highest BCUT2D eigenvalue weighted by molar-refractivity contribution is 6.31. The van der Waals surface area contributed by atoms with Crippen LogP contribution in [-0.4, -0.2) is 39.7 Å². The normalized spacial score (nSPS) is 13.7. The first kappa shape index (κ1) is 20.7. The Hall–Kier alpha value is -3.86. The molecule has 5 aromatic heterocycles. The Morgan fingerprint density at radius 2 is 2.06 bits per heavy atom. The minimum atomic E-state index is -0.603. The molecule has 0 atom stereocenters. The van der Waals surface area contributed by atoms with E-state index in [-0.39, 0.29) is 35.1 Å². The molecule has 0 saturated heterocycles. The number of aromatic nitrogens is 7. The molecule has 0 unspecified atom stereocenters. The van der Waals surface area contributed by atoms with E-state index in [9.17, 15) is 13.6 Å². The minimum absolute atomic E-state index is 0.0131. The maximum atomic E-state index is 14.4. The van der Waals surface area contributed by atoms with Crippen LogP contribution in [0.2, 0.25) is 5.02 Å². The summed E-state index contributed by atoms with van der Waals surface area (Å²) in [7, 11) is 0. The van der Waals surface area contributed by atoms with Gasteiger partial charge in [-0.1, -0.05) is 16.8 Å². The summed E-state index contributed by atoms with van der Waals surface area (Å²) in [5, 5.41) is 10.5. The van der Waals surface area contributed by atoms with Gasteiger partial charge in [0, 0.05) is 30.2 Å². The van der Waals surface area contributed by atoms with Crippen molar-refractivity contribution in [2.24, 2.45) is 0 Å². The van der Waals surface area contributed by atoms with Crippen LogP contribution in [0.15, 0.2) is 43.2 Å². The van der Waals surface area contributed by atoms with Crippen LogP contribution < -0.4 is 5.32 Å². The number of nitrogens with zero attached hydrogens (tertiary/aromatic N) is 7. The van der Waals surface area contributed by atoms with Gasteiger partial charge in [0.1, 0.15) is 17.0 Å². The average molecular weight is 483 g/mol. The van der Waals surface area contributed by atoms with Crippen LogP contribution in [0, 0.1) is 11.6 Å². The number of pyridine rings is 2. The van der Waals surface area contributed by atoms with Crippen molar-refractivity contribution in [2.45, 2.75) is 31.8 Å². The van der Waals surface area contributed by atoms with Gasteiger partial charge in [-0.2, -0.15) is 0 Å². The zero-order chi connectivity index (χ0) is 23.4. The van der Waals surface area contributed by atoms with Crippen molar-refractivity contribution >= 4 is 28.7 Å². The van der Waals surface area contributed by atoms with Crippen LogP contribution in [0.4, 0.5) is 8.78 Å². The molecule has 0 aromatic carbocycles. The van der Waals surface area contributed by atoms with Gasteiger partial charge in [-0.3, -0.25) is 4.79 Å². The van der Waals surface area contributed by atoms with Crippen molar-refractivity contribution in [2.75, 3.05) is 0 Å². The van der Waals surface area contributed by atoms with Crippen LogP contribution in [0.5, 0.6) is 0 Å². The summed E-state index contributed by atoms with van der Waals surface area (Å²) in [6, 6.07) is 2.87. The first-order valence-electron chi connectivity index (χ1n) is 10.6. The fourth-order valence-corrected chi connectivity index (χ4v) is 4.11. The van der Waals surface area contributed by atoms with E-state index in [0.29, 0.717) is 28.5 Å². The molecule has 5 aromatic rings. The number of hydrogen-bond donors (Lipinski definition) is 1. The summed E-state index contributed by atoms with van der Waals surface area (Å²) in [4.78, 5) is 21.1. The maximum absolute atomic E-state index is 14.4. The molecular formula is C22H17ClF2N8O. The molecule has 12 heteroatoms. The molecule has 1 N–H and O–H groups in total. The molecule has 1 aliphatic carbocycles. The van der Waals surface area contributed by atoms with Crippen LogP contribution in [0.1, 0.15) is 46.2 Å². The van der Waals surface area contributed by atoms with E-state index in [1.807, 2.05) is 6.20 Å². The highest BCUT2D eigenvalue weighted by atomic mass is 35.5. The summed E-state index contributed by atoms with van der Waals surface area (Å²) < 4.78 is 33.4. The van der Waals surface area contributed by atoms with Crippen molar-refractivity contribution in [1.82, 2.24) is 39.1 Å². The third-order valence-corrected chi connectivity index (χ3v) is 6.11. The first-order chi connectivity index (χ1) is 16.5. The van der Waals surface area contributed by atoms with E-state index >= 15 is 0 Å². The quantitative estimate of drug-likeness (QED) is 0.400. The third-order valence-electron chi connectivity index (χ3n) is 5.82. The minimum Gasteiger partial charge on any atom is -0.345 e. The molecule has 0 bridgehead atoms. The van der Waals surface area contributed by atoms with Crippen molar-refractivity contribution < 1.29 is 13.6 Å². The molecule has 0 radical (unpaired) electrons. The monoisotopic (exact) mass is 482 g/mol. The summed E-state index contributed by atoms with van der Waals surface area (Å²) in [6.07, 6.45) is 10.1. The van der Waals surface area contributed by atoms with Gasteiger partial charge in [-0.05, 0) is 24.8 Å². The zero-order valence-corrected chi connectivity index (χ0v) is 18.4. The van der Waals surface area contributed by atoms with Crippen LogP contribution in [0.3, 0.4) is 0 Å². The van der Waals surface area contributed by atoms with Gasteiger partial charge in [0.2, 0.25) is 0 Å². The summed E-state index contributed by atoms with van der Waals surface area (Å²) in [5.74, 6) is -1.03. The number of fused-ring (bicyclic) bond motifs is 2. The summed E-state index contributed by atoms with van der Waals surface area (Å²) in [5.41, 5.74) is 2.50. The van der Waals surface area contributed by atoms with Gasteiger partial charge in [0.15, 0.2) is 11.5 Å². The Morgan fingerprint density at radius 3 is 2.88 bits per heavy atom. The zero-order valence-electron chi connectivity index (χ0n) is 17.6. The molecule has 1 aliphatic rings. The standard InChI is InChI=1S/C22H17ClF2N8O/c23-15-3-4-31-11-27-17(21(31)20(15)25)6-26-22(34)18-10-33(30-29-18)8-13-7-32-9-14(12-1-2-12)16(24)5-19(32)28-13/h3-5,7,9-12H,1-2,6,8H2,(H,26,34). The fourth-order valence-electron chi connectivity index (χ4n) is 3.96. The molecule has 34 heavy (non-hydrogen) atoms. The molecule has 5 heterocycles.